The highest BCUT2D eigenvalue weighted by Gasteiger charge is 2.34. The molecule has 2 aliphatic rings. The van der Waals surface area contributed by atoms with Crippen LogP contribution in [0.4, 0.5) is 0 Å². The first-order chi connectivity index (χ1) is 12.2. The number of aromatic nitrogens is 2. The second kappa shape index (κ2) is 7.00. The van der Waals surface area contributed by atoms with Gasteiger partial charge in [0.25, 0.3) is 0 Å². The summed E-state index contributed by atoms with van der Waals surface area (Å²) in [7, 11) is 0. The average Bonchev–Trinajstić information content (AvgIpc) is 3.19. The molecule has 1 aromatic carbocycles. The zero-order valence-corrected chi connectivity index (χ0v) is 14.5. The number of carbonyl (C=O) groups excluding carboxylic acids is 1. The Morgan fingerprint density at radius 1 is 1.20 bits per heavy atom. The summed E-state index contributed by atoms with van der Waals surface area (Å²) >= 11 is 0. The zero-order valence-electron chi connectivity index (χ0n) is 14.5. The molecule has 1 aromatic heterocycles. The molecule has 3 heterocycles. The molecular formula is C20H25N3O2. The van der Waals surface area contributed by atoms with Crippen LogP contribution in [0.1, 0.15) is 29.9 Å². The summed E-state index contributed by atoms with van der Waals surface area (Å²) in [6, 6.07) is 10.2. The Kier molecular flexibility index (Phi) is 4.57. The molecule has 0 radical (unpaired) electrons. The number of hydrogen-bond donors (Lipinski definition) is 1. The van der Waals surface area contributed by atoms with E-state index in [1.165, 1.54) is 18.4 Å². The van der Waals surface area contributed by atoms with E-state index in [4.69, 9.17) is 0 Å². The van der Waals surface area contributed by atoms with Gasteiger partial charge >= 0.3 is 0 Å². The van der Waals surface area contributed by atoms with Crippen molar-refractivity contribution in [2.75, 3.05) is 13.1 Å². The fraction of sp³-hybridized carbons (Fsp3) is 0.500. The first-order valence-corrected chi connectivity index (χ1v) is 9.24. The number of benzene rings is 1. The van der Waals surface area contributed by atoms with Crippen LogP contribution in [0.25, 0.3) is 0 Å². The summed E-state index contributed by atoms with van der Waals surface area (Å²) in [5, 5.41) is 10.4. The summed E-state index contributed by atoms with van der Waals surface area (Å²) < 4.78 is 2.18. The Hall–Kier alpha value is -2.14. The lowest BCUT2D eigenvalue weighted by Gasteiger charge is -2.15. The minimum Gasteiger partial charge on any atom is -0.391 e. The Morgan fingerprint density at radius 2 is 2.04 bits per heavy atom. The first-order valence-electron chi connectivity index (χ1n) is 9.24. The van der Waals surface area contributed by atoms with E-state index in [0.29, 0.717) is 19.5 Å². The van der Waals surface area contributed by atoms with Gasteiger partial charge < -0.3 is 14.6 Å². The maximum atomic E-state index is 12.6. The molecule has 2 atom stereocenters. The van der Waals surface area contributed by atoms with Crippen molar-refractivity contribution < 1.29 is 9.90 Å². The second-order valence-electron chi connectivity index (χ2n) is 7.29. The number of carbonyl (C=O) groups is 1. The van der Waals surface area contributed by atoms with Crippen molar-refractivity contribution in [1.82, 2.24) is 14.5 Å². The van der Waals surface area contributed by atoms with Crippen molar-refractivity contribution >= 4 is 5.91 Å². The number of aliphatic hydroxyl groups excluding tert-OH is 1. The van der Waals surface area contributed by atoms with E-state index in [0.717, 1.165) is 30.9 Å². The zero-order chi connectivity index (χ0) is 17.2. The molecule has 4 rings (SSSR count). The van der Waals surface area contributed by atoms with Gasteiger partial charge in [0.05, 0.1) is 18.2 Å². The van der Waals surface area contributed by atoms with E-state index >= 15 is 0 Å². The lowest BCUT2D eigenvalue weighted by atomic mass is 9.97. The summed E-state index contributed by atoms with van der Waals surface area (Å²) in [5.41, 5.74) is 2.07. The number of aryl methyl sites for hydroxylation is 2. The number of β-amino-alcohol motifs (C(OH)–C–C–N with tert-alkyl or cyclic N) is 1. The van der Waals surface area contributed by atoms with Crippen LogP contribution in [0.3, 0.4) is 0 Å². The quantitative estimate of drug-likeness (QED) is 0.924. The number of hydrogen-bond acceptors (Lipinski definition) is 3. The monoisotopic (exact) mass is 339 g/mol. The van der Waals surface area contributed by atoms with Crippen LogP contribution in [-0.2, 0) is 30.6 Å². The maximum absolute atomic E-state index is 12.6. The van der Waals surface area contributed by atoms with Gasteiger partial charge in [-0.25, -0.2) is 4.98 Å². The third kappa shape index (κ3) is 3.61. The molecule has 1 fully saturated rings. The van der Waals surface area contributed by atoms with Crippen molar-refractivity contribution in [2.24, 2.45) is 5.92 Å². The molecule has 132 valence electrons. The maximum Gasteiger partial charge on any atom is 0.228 e. The molecule has 25 heavy (non-hydrogen) atoms. The summed E-state index contributed by atoms with van der Waals surface area (Å²) in [6.45, 7) is 2.07. The first kappa shape index (κ1) is 16.3. The molecule has 5 nitrogen and oxygen atoms in total. The van der Waals surface area contributed by atoms with Crippen LogP contribution >= 0.6 is 0 Å². The number of fused-ring (bicyclic) bond motifs is 1. The molecule has 0 aliphatic carbocycles. The molecule has 1 saturated heterocycles. The molecule has 1 amide bonds. The third-order valence-electron chi connectivity index (χ3n) is 5.39. The average molecular weight is 339 g/mol. The largest absolute Gasteiger partial charge is 0.391 e. The van der Waals surface area contributed by atoms with Crippen molar-refractivity contribution in [2.45, 2.75) is 44.8 Å². The van der Waals surface area contributed by atoms with Crippen molar-refractivity contribution in [3.63, 3.8) is 0 Å². The fourth-order valence-corrected chi connectivity index (χ4v) is 4.00. The summed E-state index contributed by atoms with van der Waals surface area (Å²) in [5.74, 6) is 1.30. The van der Waals surface area contributed by atoms with E-state index in [2.05, 4.69) is 21.7 Å². The summed E-state index contributed by atoms with van der Waals surface area (Å²) in [4.78, 5) is 19.1. The number of imidazole rings is 1. The van der Waals surface area contributed by atoms with E-state index < -0.39 is 6.10 Å². The number of aliphatic hydroxyl groups is 1. The van der Waals surface area contributed by atoms with Crippen LogP contribution in [0.2, 0.25) is 0 Å². The van der Waals surface area contributed by atoms with E-state index in [1.54, 1.807) is 4.90 Å². The van der Waals surface area contributed by atoms with Gasteiger partial charge in [-0.15, -0.1) is 0 Å². The van der Waals surface area contributed by atoms with Crippen molar-refractivity contribution in [1.29, 1.82) is 0 Å². The Morgan fingerprint density at radius 3 is 2.84 bits per heavy atom. The summed E-state index contributed by atoms with van der Waals surface area (Å²) in [6.07, 6.45) is 6.12. The number of amides is 1. The van der Waals surface area contributed by atoms with E-state index in [1.807, 2.05) is 24.4 Å². The van der Waals surface area contributed by atoms with Crippen LogP contribution in [0.5, 0.6) is 0 Å². The van der Waals surface area contributed by atoms with Gasteiger partial charge in [-0.2, -0.15) is 0 Å². The standard InChI is InChI=1S/C20H25N3O2/c24-18-14-23(12-16(18)10-15-6-2-1-3-7-15)20(25)11-17-13-22-9-5-4-8-19(22)21-17/h1-3,6-7,13,16,18,24H,4-5,8-12,14H2/t16-,18-/m1/s1. The lowest BCUT2D eigenvalue weighted by Crippen LogP contribution is -2.31. The molecule has 0 spiro atoms. The molecule has 0 unspecified atom stereocenters. The van der Waals surface area contributed by atoms with Gasteiger partial charge in [0, 0.05) is 38.2 Å². The fourth-order valence-electron chi connectivity index (χ4n) is 4.00. The van der Waals surface area contributed by atoms with Crippen LogP contribution < -0.4 is 0 Å². The molecular weight excluding hydrogens is 314 g/mol. The lowest BCUT2D eigenvalue weighted by molar-refractivity contribution is -0.129. The van der Waals surface area contributed by atoms with Gasteiger partial charge in [0.15, 0.2) is 0 Å². The number of nitrogens with zero attached hydrogens (tertiary/aromatic N) is 3. The molecule has 2 aliphatic heterocycles. The molecule has 0 bridgehead atoms. The van der Waals surface area contributed by atoms with Gasteiger partial charge in [-0.05, 0) is 24.8 Å². The van der Waals surface area contributed by atoms with Gasteiger partial charge in [-0.3, -0.25) is 4.79 Å². The third-order valence-corrected chi connectivity index (χ3v) is 5.39. The number of likely N-dealkylation sites (tertiary alicyclic amines) is 1. The number of rotatable bonds is 4. The van der Waals surface area contributed by atoms with E-state index in [9.17, 15) is 9.90 Å². The predicted octanol–water partition coefficient (Wildman–Crippen LogP) is 1.82. The van der Waals surface area contributed by atoms with E-state index in [-0.39, 0.29) is 11.8 Å². The Bertz CT molecular complexity index is 717. The molecule has 1 N–H and O–H groups in total. The Labute approximate surface area is 148 Å². The van der Waals surface area contributed by atoms with Gasteiger partial charge in [0.2, 0.25) is 5.91 Å². The van der Waals surface area contributed by atoms with Gasteiger partial charge in [0.1, 0.15) is 5.82 Å². The van der Waals surface area contributed by atoms with Gasteiger partial charge in [-0.1, -0.05) is 30.3 Å². The SMILES string of the molecule is O=C(Cc1cn2c(n1)CCCC2)N1C[C@@H](Cc2ccccc2)[C@H](O)C1. The van der Waals surface area contributed by atoms with Crippen LogP contribution in [0.15, 0.2) is 36.5 Å². The minimum absolute atomic E-state index is 0.0741. The van der Waals surface area contributed by atoms with Crippen molar-refractivity contribution in [3.8, 4) is 0 Å². The highest BCUT2D eigenvalue weighted by molar-refractivity contribution is 5.78. The highest BCUT2D eigenvalue weighted by Crippen LogP contribution is 2.23. The topological polar surface area (TPSA) is 58.4 Å². The molecule has 5 heteroatoms. The molecule has 2 aromatic rings. The minimum atomic E-state index is -0.445. The predicted molar refractivity (Wildman–Crippen MR) is 95.1 cm³/mol. The smallest absolute Gasteiger partial charge is 0.228 e. The normalized spacial score (nSPS) is 22.8. The van der Waals surface area contributed by atoms with Crippen molar-refractivity contribution in [3.05, 3.63) is 53.6 Å². The van der Waals surface area contributed by atoms with Crippen LogP contribution in [0, 0.1) is 5.92 Å². The second-order valence-corrected chi connectivity index (χ2v) is 7.29. The van der Waals surface area contributed by atoms with Crippen LogP contribution in [-0.4, -0.2) is 44.7 Å². The molecule has 0 saturated carbocycles. The Balaban J connectivity index is 1.37. The highest BCUT2D eigenvalue weighted by atomic mass is 16.3.